The van der Waals surface area contributed by atoms with Crippen LogP contribution in [0.2, 0.25) is 0 Å². The summed E-state index contributed by atoms with van der Waals surface area (Å²) < 4.78 is 5.63. The van der Waals surface area contributed by atoms with Gasteiger partial charge in [0.1, 0.15) is 0 Å². The maximum atomic E-state index is 5.63. The summed E-state index contributed by atoms with van der Waals surface area (Å²) in [6.07, 6.45) is 4.09. The third-order valence-electron chi connectivity index (χ3n) is 2.98. The minimum atomic E-state index is 0. The highest BCUT2D eigenvalue weighted by Gasteiger charge is 2.01. The fraction of sp³-hybridized carbons (Fsp3) is 0.688. The van der Waals surface area contributed by atoms with Crippen molar-refractivity contribution in [3.05, 3.63) is 23.9 Å². The summed E-state index contributed by atoms with van der Waals surface area (Å²) in [4.78, 5) is 6.66. The minimum absolute atomic E-state index is 0. The summed E-state index contributed by atoms with van der Waals surface area (Å²) in [5, 5.41) is 3.37. The average molecular weight is 281 g/mol. The molecule has 0 aliphatic carbocycles. The van der Waals surface area contributed by atoms with Crippen molar-refractivity contribution in [2.24, 2.45) is 0 Å². The molecule has 0 bridgehead atoms. The molecule has 1 N–H and O–H groups in total. The molecule has 0 saturated carbocycles. The number of nitrogens with one attached hydrogen (secondary N) is 1. The number of ether oxygens (including phenoxy) is 1. The Morgan fingerprint density at radius 1 is 1.40 bits per heavy atom. The van der Waals surface area contributed by atoms with Crippen LogP contribution in [-0.2, 0) is 6.54 Å². The zero-order valence-electron chi connectivity index (χ0n) is 13.4. The van der Waals surface area contributed by atoms with Gasteiger partial charge in [0.05, 0.1) is 6.61 Å². The van der Waals surface area contributed by atoms with Gasteiger partial charge in [0, 0.05) is 26.3 Å². The Balaban J connectivity index is 0.00000400. The zero-order chi connectivity index (χ0) is 14.8. The molecule has 0 aliphatic heterocycles. The number of aromatic nitrogens is 1. The van der Waals surface area contributed by atoms with E-state index < -0.39 is 0 Å². The first-order chi connectivity index (χ1) is 9.61. The molecule has 0 unspecified atom stereocenters. The quantitative estimate of drug-likeness (QED) is 0.669. The second-order valence-corrected chi connectivity index (χ2v) is 5.55. The van der Waals surface area contributed by atoms with Gasteiger partial charge < -0.3 is 15.0 Å². The van der Waals surface area contributed by atoms with Gasteiger partial charge in [0.15, 0.2) is 0 Å². The van der Waals surface area contributed by atoms with Crippen LogP contribution < -0.4 is 10.1 Å². The van der Waals surface area contributed by atoms with E-state index in [0.29, 0.717) is 12.6 Å². The van der Waals surface area contributed by atoms with Gasteiger partial charge in [-0.25, -0.2) is 4.98 Å². The second-order valence-electron chi connectivity index (χ2n) is 5.55. The SMILES string of the molecule is CCCN(C)Cc1ccc(OCCCNC(C)C)nc1.[HH]. The van der Waals surface area contributed by atoms with Crippen molar-refractivity contribution in [2.45, 2.75) is 46.2 Å². The molecule has 4 nitrogen and oxygen atoms in total. The van der Waals surface area contributed by atoms with Crippen molar-refractivity contribution in [3.8, 4) is 5.88 Å². The van der Waals surface area contributed by atoms with E-state index in [0.717, 1.165) is 31.9 Å². The number of rotatable bonds is 10. The molecule has 116 valence electrons. The Bertz CT molecular complexity index is 357. The molecule has 20 heavy (non-hydrogen) atoms. The summed E-state index contributed by atoms with van der Waals surface area (Å²) in [6, 6.07) is 4.60. The maximum absolute atomic E-state index is 5.63. The first kappa shape index (κ1) is 16.9. The minimum Gasteiger partial charge on any atom is -0.478 e. The van der Waals surface area contributed by atoms with Gasteiger partial charge in [-0.1, -0.05) is 26.8 Å². The number of hydrogen-bond donors (Lipinski definition) is 1. The van der Waals surface area contributed by atoms with Crippen LogP contribution in [-0.4, -0.2) is 42.7 Å². The van der Waals surface area contributed by atoms with Crippen LogP contribution >= 0.6 is 0 Å². The van der Waals surface area contributed by atoms with Crippen molar-refractivity contribution in [1.82, 2.24) is 15.2 Å². The smallest absolute Gasteiger partial charge is 0.213 e. The van der Waals surface area contributed by atoms with E-state index in [1.807, 2.05) is 12.3 Å². The van der Waals surface area contributed by atoms with Gasteiger partial charge in [0.25, 0.3) is 0 Å². The maximum Gasteiger partial charge on any atom is 0.213 e. The lowest BCUT2D eigenvalue weighted by atomic mass is 10.2. The predicted molar refractivity (Wildman–Crippen MR) is 86.2 cm³/mol. The van der Waals surface area contributed by atoms with Crippen molar-refractivity contribution in [2.75, 3.05) is 26.7 Å². The van der Waals surface area contributed by atoms with E-state index in [1.165, 1.54) is 12.0 Å². The third kappa shape index (κ3) is 7.46. The molecule has 0 amide bonds. The highest BCUT2D eigenvalue weighted by atomic mass is 16.5. The highest BCUT2D eigenvalue weighted by molar-refractivity contribution is 5.17. The van der Waals surface area contributed by atoms with Crippen molar-refractivity contribution >= 4 is 0 Å². The van der Waals surface area contributed by atoms with Crippen LogP contribution in [0, 0.1) is 0 Å². The normalized spacial score (nSPS) is 11.3. The monoisotopic (exact) mass is 281 g/mol. The largest absolute Gasteiger partial charge is 0.478 e. The Labute approximate surface area is 125 Å². The molecule has 1 rings (SSSR count). The summed E-state index contributed by atoms with van der Waals surface area (Å²) in [5.74, 6) is 0.719. The average Bonchev–Trinajstić information content (AvgIpc) is 2.40. The molecule has 1 aromatic heterocycles. The molecule has 0 aromatic carbocycles. The lowest BCUT2D eigenvalue weighted by Gasteiger charge is -2.15. The molecular formula is C16H31N3O. The Morgan fingerprint density at radius 2 is 2.20 bits per heavy atom. The summed E-state index contributed by atoms with van der Waals surface area (Å²) >= 11 is 0. The molecule has 0 atom stereocenters. The Hall–Kier alpha value is -1.13. The zero-order valence-corrected chi connectivity index (χ0v) is 13.4. The number of pyridine rings is 1. The molecule has 0 spiro atoms. The number of nitrogens with zero attached hydrogens (tertiary/aromatic N) is 2. The fourth-order valence-electron chi connectivity index (χ4n) is 2.00. The molecule has 0 fully saturated rings. The van der Waals surface area contributed by atoms with Crippen molar-refractivity contribution < 1.29 is 6.16 Å². The highest BCUT2D eigenvalue weighted by Crippen LogP contribution is 2.09. The van der Waals surface area contributed by atoms with Gasteiger partial charge in [-0.3, -0.25) is 0 Å². The summed E-state index contributed by atoms with van der Waals surface area (Å²) in [6.45, 7) is 10.2. The number of hydrogen-bond acceptors (Lipinski definition) is 4. The second kappa shape index (κ2) is 9.72. The van der Waals surface area contributed by atoms with Crippen LogP contribution in [0.1, 0.15) is 40.6 Å². The first-order valence-electron chi connectivity index (χ1n) is 7.61. The third-order valence-corrected chi connectivity index (χ3v) is 2.98. The lowest BCUT2D eigenvalue weighted by molar-refractivity contribution is 0.294. The van der Waals surface area contributed by atoms with E-state index in [9.17, 15) is 0 Å². The van der Waals surface area contributed by atoms with Gasteiger partial charge in [-0.05, 0) is 38.5 Å². The Kier molecular flexibility index (Phi) is 8.23. The van der Waals surface area contributed by atoms with Crippen LogP contribution in [0.25, 0.3) is 0 Å². The van der Waals surface area contributed by atoms with E-state index in [2.05, 4.69) is 49.1 Å². The van der Waals surface area contributed by atoms with E-state index in [4.69, 9.17) is 4.74 Å². The fourth-order valence-corrected chi connectivity index (χ4v) is 2.00. The lowest BCUT2D eigenvalue weighted by Crippen LogP contribution is -2.24. The van der Waals surface area contributed by atoms with Crippen molar-refractivity contribution in [3.63, 3.8) is 0 Å². The van der Waals surface area contributed by atoms with Crippen LogP contribution in [0.5, 0.6) is 5.88 Å². The van der Waals surface area contributed by atoms with Gasteiger partial charge >= 0.3 is 0 Å². The first-order valence-corrected chi connectivity index (χ1v) is 7.61. The van der Waals surface area contributed by atoms with Crippen LogP contribution in [0.3, 0.4) is 0 Å². The van der Waals surface area contributed by atoms with E-state index in [1.54, 1.807) is 0 Å². The van der Waals surface area contributed by atoms with Crippen LogP contribution in [0.4, 0.5) is 0 Å². The van der Waals surface area contributed by atoms with Gasteiger partial charge in [-0.15, -0.1) is 0 Å². The molecule has 0 aliphatic rings. The molecule has 0 saturated heterocycles. The summed E-state index contributed by atoms with van der Waals surface area (Å²) in [5.41, 5.74) is 1.23. The van der Waals surface area contributed by atoms with E-state index in [-0.39, 0.29) is 1.43 Å². The standard InChI is InChI=1S/C16H29N3O.H2/c1-5-10-19(4)13-15-7-8-16(18-12-15)20-11-6-9-17-14(2)3;/h7-8,12,14,17H,5-6,9-11,13H2,1-4H3;1H. The molecular weight excluding hydrogens is 250 g/mol. The van der Waals surface area contributed by atoms with Crippen molar-refractivity contribution in [1.29, 1.82) is 0 Å². The van der Waals surface area contributed by atoms with Gasteiger partial charge in [0.2, 0.25) is 5.88 Å². The molecule has 0 radical (unpaired) electrons. The predicted octanol–water partition coefficient (Wildman–Crippen LogP) is 2.94. The topological polar surface area (TPSA) is 37.4 Å². The molecule has 4 heteroatoms. The Morgan fingerprint density at radius 3 is 2.80 bits per heavy atom. The van der Waals surface area contributed by atoms with Crippen LogP contribution in [0.15, 0.2) is 18.3 Å². The molecule has 1 aromatic rings. The molecule has 1 heterocycles. The summed E-state index contributed by atoms with van der Waals surface area (Å²) in [7, 11) is 2.13. The van der Waals surface area contributed by atoms with Gasteiger partial charge in [-0.2, -0.15) is 0 Å². The van der Waals surface area contributed by atoms with E-state index >= 15 is 0 Å².